The van der Waals surface area contributed by atoms with Gasteiger partial charge in [0, 0.05) is 31.8 Å². The molecule has 0 spiro atoms. The number of carbonyl (C=O) groups is 1. The molecule has 1 aromatic heterocycles. The van der Waals surface area contributed by atoms with E-state index in [1.165, 1.54) is 18.6 Å². The van der Waals surface area contributed by atoms with Gasteiger partial charge in [-0.15, -0.1) is 0 Å². The summed E-state index contributed by atoms with van der Waals surface area (Å²) in [5.41, 5.74) is 2.07. The van der Waals surface area contributed by atoms with E-state index < -0.39 is 0 Å². The highest BCUT2D eigenvalue weighted by atomic mass is 19.1. The third-order valence-electron chi connectivity index (χ3n) is 5.87. The van der Waals surface area contributed by atoms with Gasteiger partial charge in [0.05, 0.1) is 0 Å². The van der Waals surface area contributed by atoms with Gasteiger partial charge in [-0.05, 0) is 36.1 Å². The zero-order chi connectivity index (χ0) is 21.5. The molecule has 0 bridgehead atoms. The normalized spacial score (nSPS) is 14.5. The van der Waals surface area contributed by atoms with E-state index in [0.717, 1.165) is 36.8 Å². The molecule has 4 rings (SSSR count). The van der Waals surface area contributed by atoms with Crippen LogP contribution in [0.3, 0.4) is 0 Å². The maximum absolute atomic E-state index is 13.3. The minimum Gasteiger partial charge on any atom is -0.339 e. The van der Waals surface area contributed by atoms with E-state index in [-0.39, 0.29) is 17.8 Å². The van der Waals surface area contributed by atoms with Crippen molar-refractivity contribution in [2.45, 2.75) is 64.0 Å². The van der Waals surface area contributed by atoms with E-state index >= 15 is 0 Å². The minimum absolute atomic E-state index is 0.0824. The van der Waals surface area contributed by atoms with Crippen LogP contribution in [0.1, 0.15) is 61.4 Å². The lowest BCUT2D eigenvalue weighted by atomic mass is 9.93. The second kappa shape index (κ2) is 10.3. The number of benzene rings is 2. The van der Waals surface area contributed by atoms with Gasteiger partial charge in [-0.25, -0.2) is 4.39 Å². The van der Waals surface area contributed by atoms with Crippen LogP contribution in [0.25, 0.3) is 0 Å². The highest BCUT2D eigenvalue weighted by Gasteiger charge is 2.26. The molecule has 0 radical (unpaired) electrons. The Morgan fingerprint density at radius 2 is 1.74 bits per heavy atom. The van der Waals surface area contributed by atoms with Crippen LogP contribution in [-0.4, -0.2) is 27.0 Å². The lowest BCUT2D eigenvalue weighted by molar-refractivity contribution is -0.135. The van der Waals surface area contributed by atoms with Gasteiger partial charge in [0.25, 0.3) is 0 Å². The summed E-state index contributed by atoms with van der Waals surface area (Å²) in [7, 11) is 0. The number of amides is 1. The number of aromatic nitrogens is 2. The first-order valence-corrected chi connectivity index (χ1v) is 11.1. The van der Waals surface area contributed by atoms with Gasteiger partial charge < -0.3 is 9.42 Å². The van der Waals surface area contributed by atoms with Gasteiger partial charge in [-0.1, -0.05) is 66.9 Å². The summed E-state index contributed by atoms with van der Waals surface area (Å²) in [4.78, 5) is 19.6. The molecule has 0 atom stereocenters. The van der Waals surface area contributed by atoms with Crippen molar-refractivity contribution in [3.8, 4) is 0 Å². The highest BCUT2D eigenvalue weighted by molar-refractivity contribution is 5.76. The standard InChI is InChI=1S/C25H28FN3O2/c26-21-13-11-20(12-14-21)18-29(22-9-5-2-6-10-22)25(30)16-15-24-27-23(28-31-24)17-19-7-3-1-4-8-19/h1,3-4,7-8,11-14,22H,2,5-6,9-10,15-18H2. The number of hydrogen-bond acceptors (Lipinski definition) is 4. The molecule has 1 fully saturated rings. The van der Waals surface area contributed by atoms with Crippen LogP contribution in [0.5, 0.6) is 0 Å². The van der Waals surface area contributed by atoms with Crippen molar-refractivity contribution in [3.05, 3.63) is 83.3 Å². The first kappa shape index (κ1) is 21.2. The van der Waals surface area contributed by atoms with E-state index in [1.54, 1.807) is 12.1 Å². The fourth-order valence-corrected chi connectivity index (χ4v) is 4.20. The maximum Gasteiger partial charge on any atom is 0.227 e. The number of hydrogen-bond donors (Lipinski definition) is 0. The summed E-state index contributed by atoms with van der Waals surface area (Å²) < 4.78 is 18.7. The van der Waals surface area contributed by atoms with E-state index in [2.05, 4.69) is 10.1 Å². The average molecular weight is 422 g/mol. The van der Waals surface area contributed by atoms with Crippen molar-refractivity contribution in [1.29, 1.82) is 0 Å². The largest absolute Gasteiger partial charge is 0.339 e. The third-order valence-corrected chi connectivity index (χ3v) is 5.87. The van der Waals surface area contributed by atoms with Crippen LogP contribution in [0.15, 0.2) is 59.1 Å². The van der Waals surface area contributed by atoms with Crippen LogP contribution in [0.2, 0.25) is 0 Å². The van der Waals surface area contributed by atoms with Gasteiger partial charge in [0.15, 0.2) is 5.82 Å². The summed E-state index contributed by atoms with van der Waals surface area (Å²) in [6.07, 6.45) is 6.91. The molecule has 3 aromatic rings. The molecule has 0 N–H and O–H groups in total. The predicted molar refractivity (Wildman–Crippen MR) is 116 cm³/mol. The molecule has 1 saturated carbocycles. The molecule has 31 heavy (non-hydrogen) atoms. The van der Waals surface area contributed by atoms with Gasteiger partial charge in [-0.3, -0.25) is 4.79 Å². The Kier molecular flexibility index (Phi) is 7.07. The lowest BCUT2D eigenvalue weighted by Gasteiger charge is -2.34. The first-order valence-electron chi connectivity index (χ1n) is 11.1. The predicted octanol–water partition coefficient (Wildman–Crippen LogP) is 5.09. The number of carbonyl (C=O) groups excluding carboxylic acids is 1. The monoisotopic (exact) mass is 421 g/mol. The lowest BCUT2D eigenvalue weighted by Crippen LogP contribution is -2.41. The van der Waals surface area contributed by atoms with Crippen molar-refractivity contribution in [2.24, 2.45) is 0 Å². The summed E-state index contributed by atoms with van der Waals surface area (Å²) >= 11 is 0. The molecule has 1 heterocycles. The van der Waals surface area contributed by atoms with E-state index in [4.69, 9.17) is 4.52 Å². The van der Waals surface area contributed by atoms with Crippen molar-refractivity contribution in [3.63, 3.8) is 0 Å². The minimum atomic E-state index is -0.262. The van der Waals surface area contributed by atoms with Crippen molar-refractivity contribution in [2.75, 3.05) is 0 Å². The van der Waals surface area contributed by atoms with Crippen molar-refractivity contribution < 1.29 is 13.7 Å². The van der Waals surface area contributed by atoms with E-state index in [1.807, 2.05) is 35.2 Å². The Morgan fingerprint density at radius 3 is 2.48 bits per heavy atom. The van der Waals surface area contributed by atoms with Gasteiger partial charge in [0.2, 0.25) is 11.8 Å². The molecule has 6 heteroatoms. The van der Waals surface area contributed by atoms with Crippen LogP contribution in [0.4, 0.5) is 4.39 Å². The molecule has 0 saturated heterocycles. The molecule has 1 aliphatic carbocycles. The summed E-state index contributed by atoms with van der Waals surface area (Å²) in [5.74, 6) is 0.940. The van der Waals surface area contributed by atoms with E-state index in [9.17, 15) is 9.18 Å². The van der Waals surface area contributed by atoms with Crippen LogP contribution in [0, 0.1) is 5.82 Å². The Balaban J connectivity index is 1.38. The molecule has 0 unspecified atom stereocenters. The maximum atomic E-state index is 13.3. The number of halogens is 1. The summed E-state index contributed by atoms with van der Waals surface area (Å²) in [5, 5.41) is 4.05. The van der Waals surface area contributed by atoms with Crippen LogP contribution in [-0.2, 0) is 24.2 Å². The molecular weight excluding hydrogens is 393 g/mol. The van der Waals surface area contributed by atoms with Gasteiger partial charge in [0.1, 0.15) is 5.82 Å². The van der Waals surface area contributed by atoms with Crippen LogP contribution < -0.4 is 0 Å². The Hall–Kier alpha value is -3.02. The average Bonchev–Trinajstić information content (AvgIpc) is 3.25. The Labute approximate surface area is 182 Å². The fraction of sp³-hybridized carbons (Fsp3) is 0.400. The highest BCUT2D eigenvalue weighted by Crippen LogP contribution is 2.25. The Morgan fingerprint density at radius 1 is 1.00 bits per heavy atom. The molecular formula is C25H28FN3O2. The topological polar surface area (TPSA) is 59.2 Å². The number of nitrogens with zero attached hydrogens (tertiary/aromatic N) is 3. The molecule has 1 aliphatic rings. The van der Waals surface area contributed by atoms with Crippen molar-refractivity contribution in [1.82, 2.24) is 15.0 Å². The second-order valence-electron chi connectivity index (χ2n) is 8.21. The summed E-state index contributed by atoms with van der Waals surface area (Å²) in [6, 6.07) is 16.6. The first-order chi connectivity index (χ1) is 15.2. The molecule has 2 aromatic carbocycles. The zero-order valence-corrected chi connectivity index (χ0v) is 17.7. The SMILES string of the molecule is O=C(CCc1nc(Cc2ccccc2)no1)N(Cc1ccc(F)cc1)C1CCCCC1. The van der Waals surface area contributed by atoms with Gasteiger partial charge in [-0.2, -0.15) is 4.98 Å². The quantitative estimate of drug-likeness (QED) is 0.508. The fourth-order valence-electron chi connectivity index (χ4n) is 4.20. The molecule has 162 valence electrons. The smallest absolute Gasteiger partial charge is 0.227 e. The molecule has 0 aliphatic heterocycles. The summed E-state index contributed by atoms with van der Waals surface area (Å²) in [6.45, 7) is 0.507. The Bertz CT molecular complexity index is 966. The van der Waals surface area contributed by atoms with Crippen molar-refractivity contribution >= 4 is 5.91 Å². The number of aryl methyl sites for hydroxylation is 1. The third kappa shape index (κ3) is 6.00. The number of rotatable bonds is 8. The van der Waals surface area contributed by atoms with Gasteiger partial charge >= 0.3 is 0 Å². The molecule has 5 nitrogen and oxygen atoms in total. The van der Waals surface area contributed by atoms with E-state index in [0.29, 0.717) is 37.5 Å². The zero-order valence-electron chi connectivity index (χ0n) is 17.7. The molecule has 1 amide bonds. The van der Waals surface area contributed by atoms with Crippen LogP contribution >= 0.6 is 0 Å². The second-order valence-corrected chi connectivity index (χ2v) is 8.21.